The number of para-hydroxylation sites is 2. The van der Waals surface area contributed by atoms with Crippen LogP contribution >= 0.6 is 0 Å². The molecule has 5 rings (SSSR count). The first-order valence-electron chi connectivity index (χ1n) is 10.8. The lowest BCUT2D eigenvalue weighted by Crippen LogP contribution is -2.36. The second-order valence-electron chi connectivity index (χ2n) is 8.25. The normalized spacial score (nSPS) is 16.6. The summed E-state index contributed by atoms with van der Waals surface area (Å²) in [6, 6.07) is 26.6. The van der Waals surface area contributed by atoms with Gasteiger partial charge in [0.1, 0.15) is 5.82 Å². The maximum atomic E-state index is 12.7. The van der Waals surface area contributed by atoms with Crippen LogP contribution in [-0.2, 0) is 13.0 Å². The highest BCUT2D eigenvalue weighted by molar-refractivity contribution is 5.94. The number of rotatable bonds is 6. The van der Waals surface area contributed by atoms with E-state index >= 15 is 0 Å². The Kier molecular flexibility index (Phi) is 5.50. The molecule has 2 N–H and O–H groups in total. The number of aromatic nitrogens is 2. The van der Waals surface area contributed by atoms with E-state index in [0.29, 0.717) is 12.0 Å². The van der Waals surface area contributed by atoms with Crippen LogP contribution in [0.5, 0.6) is 0 Å². The number of hydrogen-bond acceptors (Lipinski definition) is 3. The Morgan fingerprint density at radius 3 is 2.55 bits per heavy atom. The zero-order valence-corrected chi connectivity index (χ0v) is 17.4. The predicted octanol–water partition coefficient (Wildman–Crippen LogP) is 4.16. The van der Waals surface area contributed by atoms with Gasteiger partial charge < -0.3 is 10.3 Å². The van der Waals surface area contributed by atoms with E-state index in [2.05, 4.69) is 44.5 Å². The van der Waals surface area contributed by atoms with Gasteiger partial charge in [-0.1, -0.05) is 54.6 Å². The lowest BCUT2D eigenvalue weighted by molar-refractivity contribution is 0.0937. The third-order valence-electron chi connectivity index (χ3n) is 5.88. The summed E-state index contributed by atoms with van der Waals surface area (Å²) >= 11 is 0. The van der Waals surface area contributed by atoms with E-state index in [1.807, 2.05) is 54.6 Å². The summed E-state index contributed by atoms with van der Waals surface area (Å²) in [5, 5.41) is 3.20. The SMILES string of the molecule is O=C(NC1CCN(Cc2ccccc2)C1)c1ccc(Cc2nc3ccccc3[nH]2)cc1. The maximum absolute atomic E-state index is 12.7. The average molecular weight is 411 g/mol. The van der Waals surface area contributed by atoms with Gasteiger partial charge in [-0.3, -0.25) is 9.69 Å². The van der Waals surface area contributed by atoms with Crippen LogP contribution in [0.4, 0.5) is 0 Å². The Labute approximate surface area is 182 Å². The number of carbonyl (C=O) groups excluding carboxylic acids is 1. The van der Waals surface area contributed by atoms with E-state index in [9.17, 15) is 4.79 Å². The van der Waals surface area contributed by atoms with Crippen LogP contribution in [0.1, 0.15) is 33.7 Å². The van der Waals surface area contributed by atoms with Gasteiger partial charge in [0.05, 0.1) is 11.0 Å². The minimum Gasteiger partial charge on any atom is -0.348 e. The summed E-state index contributed by atoms with van der Waals surface area (Å²) in [5.74, 6) is 0.935. The molecule has 5 nitrogen and oxygen atoms in total. The summed E-state index contributed by atoms with van der Waals surface area (Å²) in [5.41, 5.74) is 5.17. The molecule has 1 fully saturated rings. The van der Waals surface area contributed by atoms with E-state index in [4.69, 9.17) is 0 Å². The first-order chi connectivity index (χ1) is 15.2. The molecule has 156 valence electrons. The summed E-state index contributed by atoms with van der Waals surface area (Å²) in [6.07, 6.45) is 1.70. The van der Waals surface area contributed by atoms with Crippen LogP contribution in [-0.4, -0.2) is 39.9 Å². The molecule has 1 atom stereocenters. The van der Waals surface area contributed by atoms with Gasteiger partial charge >= 0.3 is 0 Å². The highest BCUT2D eigenvalue weighted by Gasteiger charge is 2.24. The van der Waals surface area contributed by atoms with Crippen LogP contribution in [0.25, 0.3) is 11.0 Å². The van der Waals surface area contributed by atoms with Crippen LogP contribution in [0, 0.1) is 0 Å². The zero-order valence-electron chi connectivity index (χ0n) is 17.4. The standard InChI is InChI=1S/C26H26N4O/c31-26(27-22-14-15-30(18-22)17-20-6-2-1-3-7-20)21-12-10-19(11-13-21)16-25-28-23-8-4-5-9-24(23)29-25/h1-13,22H,14-18H2,(H,27,31)(H,28,29). The molecule has 1 aromatic heterocycles. The monoisotopic (exact) mass is 410 g/mol. The molecular weight excluding hydrogens is 384 g/mol. The number of aromatic amines is 1. The van der Waals surface area contributed by atoms with Gasteiger partial charge in [-0.25, -0.2) is 4.98 Å². The molecule has 0 spiro atoms. The van der Waals surface area contributed by atoms with Crippen molar-refractivity contribution in [2.24, 2.45) is 0 Å². The van der Waals surface area contributed by atoms with Gasteiger partial charge in [-0.05, 0) is 41.8 Å². The first kappa shape index (κ1) is 19.5. The van der Waals surface area contributed by atoms with Crippen LogP contribution in [0.15, 0.2) is 78.9 Å². The number of benzene rings is 3. The summed E-state index contributed by atoms with van der Waals surface area (Å²) in [4.78, 5) is 23.1. The number of H-pyrrole nitrogens is 1. The molecule has 1 saturated heterocycles. The van der Waals surface area contributed by atoms with Crippen molar-refractivity contribution in [2.75, 3.05) is 13.1 Å². The molecule has 31 heavy (non-hydrogen) atoms. The largest absolute Gasteiger partial charge is 0.348 e. The fraction of sp³-hybridized carbons (Fsp3) is 0.231. The average Bonchev–Trinajstić information content (AvgIpc) is 3.41. The van der Waals surface area contributed by atoms with Crippen molar-refractivity contribution in [3.63, 3.8) is 0 Å². The molecule has 0 aliphatic carbocycles. The van der Waals surface area contributed by atoms with E-state index in [0.717, 1.165) is 48.5 Å². The van der Waals surface area contributed by atoms with Crippen LogP contribution in [0.3, 0.4) is 0 Å². The quantitative estimate of drug-likeness (QED) is 0.502. The Morgan fingerprint density at radius 2 is 1.74 bits per heavy atom. The molecule has 1 aliphatic rings. The molecule has 4 aromatic rings. The highest BCUT2D eigenvalue weighted by Crippen LogP contribution is 2.16. The Morgan fingerprint density at radius 1 is 0.968 bits per heavy atom. The van der Waals surface area contributed by atoms with Gasteiger partial charge in [0, 0.05) is 37.7 Å². The fourth-order valence-electron chi connectivity index (χ4n) is 4.26. The molecule has 1 unspecified atom stereocenters. The molecule has 3 aromatic carbocycles. The number of nitrogens with zero attached hydrogens (tertiary/aromatic N) is 2. The van der Waals surface area contributed by atoms with Crippen molar-refractivity contribution < 1.29 is 4.79 Å². The molecule has 1 amide bonds. The number of carbonyl (C=O) groups is 1. The number of likely N-dealkylation sites (tertiary alicyclic amines) is 1. The van der Waals surface area contributed by atoms with Gasteiger partial charge in [-0.2, -0.15) is 0 Å². The highest BCUT2D eigenvalue weighted by atomic mass is 16.1. The number of imidazole rings is 1. The van der Waals surface area contributed by atoms with Crippen molar-refractivity contribution in [1.82, 2.24) is 20.2 Å². The van der Waals surface area contributed by atoms with Crippen molar-refractivity contribution in [2.45, 2.75) is 25.4 Å². The van der Waals surface area contributed by atoms with Gasteiger partial charge in [-0.15, -0.1) is 0 Å². The molecule has 0 saturated carbocycles. The van der Waals surface area contributed by atoms with E-state index < -0.39 is 0 Å². The lowest BCUT2D eigenvalue weighted by Gasteiger charge is -2.17. The molecule has 0 radical (unpaired) electrons. The topological polar surface area (TPSA) is 61.0 Å². The van der Waals surface area contributed by atoms with Crippen LogP contribution in [0.2, 0.25) is 0 Å². The third-order valence-corrected chi connectivity index (χ3v) is 5.88. The predicted molar refractivity (Wildman–Crippen MR) is 123 cm³/mol. The first-order valence-corrected chi connectivity index (χ1v) is 10.8. The maximum Gasteiger partial charge on any atom is 0.251 e. The summed E-state index contributed by atoms with van der Waals surface area (Å²) in [7, 11) is 0. The second-order valence-corrected chi connectivity index (χ2v) is 8.25. The van der Waals surface area contributed by atoms with E-state index in [1.54, 1.807) is 0 Å². The van der Waals surface area contributed by atoms with Gasteiger partial charge in [0.15, 0.2) is 0 Å². The molecule has 2 heterocycles. The van der Waals surface area contributed by atoms with E-state index in [-0.39, 0.29) is 11.9 Å². The number of amides is 1. The molecule has 0 bridgehead atoms. The smallest absolute Gasteiger partial charge is 0.251 e. The molecule has 5 heteroatoms. The number of fused-ring (bicyclic) bond motifs is 1. The van der Waals surface area contributed by atoms with Crippen molar-refractivity contribution in [1.29, 1.82) is 0 Å². The number of nitrogens with one attached hydrogen (secondary N) is 2. The Hall–Kier alpha value is -3.44. The second kappa shape index (κ2) is 8.74. The summed E-state index contributed by atoms with van der Waals surface area (Å²) < 4.78 is 0. The Bertz CT molecular complexity index is 1130. The van der Waals surface area contributed by atoms with Gasteiger partial charge in [0.2, 0.25) is 0 Å². The summed E-state index contributed by atoms with van der Waals surface area (Å²) in [6.45, 7) is 2.84. The van der Waals surface area contributed by atoms with Crippen molar-refractivity contribution in [3.8, 4) is 0 Å². The fourth-order valence-corrected chi connectivity index (χ4v) is 4.26. The lowest BCUT2D eigenvalue weighted by atomic mass is 10.1. The molecular formula is C26H26N4O. The molecule has 1 aliphatic heterocycles. The third kappa shape index (κ3) is 4.67. The van der Waals surface area contributed by atoms with Crippen molar-refractivity contribution >= 4 is 16.9 Å². The van der Waals surface area contributed by atoms with Crippen LogP contribution < -0.4 is 5.32 Å². The van der Waals surface area contributed by atoms with E-state index in [1.165, 1.54) is 5.56 Å². The van der Waals surface area contributed by atoms with Crippen molar-refractivity contribution in [3.05, 3.63) is 101 Å². The zero-order chi connectivity index (χ0) is 21.0. The van der Waals surface area contributed by atoms with Gasteiger partial charge in [0.25, 0.3) is 5.91 Å². The minimum atomic E-state index is 0.00171. The number of hydrogen-bond donors (Lipinski definition) is 2. The minimum absolute atomic E-state index is 0.00171. The Balaban J connectivity index is 1.16.